The molecule has 4 N–H and O–H groups in total. The van der Waals surface area contributed by atoms with Gasteiger partial charge in [-0.05, 0) is 29.7 Å². The Morgan fingerprint density at radius 2 is 2.07 bits per heavy atom. The van der Waals surface area contributed by atoms with Crippen LogP contribution in [-0.4, -0.2) is 21.8 Å². The number of nitrogens with one attached hydrogen (secondary N) is 2. The predicted molar refractivity (Wildman–Crippen MR) is 109 cm³/mol. The summed E-state index contributed by atoms with van der Waals surface area (Å²) in [4.78, 5) is 23.8. The first kappa shape index (κ1) is 18.1. The van der Waals surface area contributed by atoms with E-state index >= 15 is 0 Å². The number of aromatic amines is 1. The van der Waals surface area contributed by atoms with Crippen molar-refractivity contribution in [2.45, 2.75) is 12.8 Å². The van der Waals surface area contributed by atoms with Crippen LogP contribution < -0.4 is 11.1 Å². The number of H-pyrrole nitrogens is 1. The number of allylic oxidation sites excluding steroid dienone is 8. The van der Waals surface area contributed by atoms with Crippen LogP contribution in [0.1, 0.15) is 12.8 Å². The van der Waals surface area contributed by atoms with Crippen molar-refractivity contribution in [2.24, 2.45) is 10.7 Å². The maximum Gasteiger partial charge on any atom is 0.231 e. The second kappa shape index (κ2) is 8.62. The van der Waals surface area contributed by atoms with Crippen LogP contribution in [0.5, 0.6) is 0 Å². The minimum atomic E-state index is -0.269. The van der Waals surface area contributed by atoms with Crippen LogP contribution in [0.4, 0.5) is 5.95 Å². The standard InChI is InChI=1S/C21H21N5O/c1-15-10-6-4-2-3-5-7-11-16(15)14-19(27)25-20(22)26-21-23-17-12-8-9-13-18(17)24-21/h2,4-13H,1,3,14H2,(H4,22,23,24,25,26,27)/b4-2-,7-5-,10-6-,16-11?. The summed E-state index contributed by atoms with van der Waals surface area (Å²) in [5, 5.41) is 2.59. The van der Waals surface area contributed by atoms with Crippen molar-refractivity contribution < 1.29 is 4.79 Å². The van der Waals surface area contributed by atoms with Crippen LogP contribution in [0.3, 0.4) is 0 Å². The zero-order valence-corrected chi connectivity index (χ0v) is 14.9. The number of imidazole rings is 1. The predicted octanol–water partition coefficient (Wildman–Crippen LogP) is 3.57. The highest BCUT2D eigenvalue weighted by atomic mass is 16.1. The molecule has 3 rings (SSSR count). The molecule has 0 saturated carbocycles. The van der Waals surface area contributed by atoms with Gasteiger partial charge in [0.15, 0.2) is 0 Å². The second-order valence-corrected chi connectivity index (χ2v) is 5.97. The van der Waals surface area contributed by atoms with Gasteiger partial charge in [0.1, 0.15) is 0 Å². The van der Waals surface area contributed by atoms with Crippen LogP contribution in [0.2, 0.25) is 0 Å². The van der Waals surface area contributed by atoms with E-state index in [1.54, 1.807) is 0 Å². The Hall–Kier alpha value is -3.67. The number of benzene rings is 1. The molecule has 0 bridgehead atoms. The molecule has 1 aromatic heterocycles. The van der Waals surface area contributed by atoms with Crippen molar-refractivity contribution in [1.82, 2.24) is 15.3 Å². The summed E-state index contributed by atoms with van der Waals surface area (Å²) >= 11 is 0. The Kier molecular flexibility index (Phi) is 5.79. The number of hydrogen-bond acceptors (Lipinski definition) is 3. The van der Waals surface area contributed by atoms with Crippen LogP contribution in [0.15, 0.2) is 89.5 Å². The smallest absolute Gasteiger partial charge is 0.231 e. The SMILES string of the molecule is C=C1/C=C\C=C/C/C=C\C=C1CC(=O)NC(N)=Nc1nc2ccccc2[nH]1. The van der Waals surface area contributed by atoms with Gasteiger partial charge in [-0.15, -0.1) is 0 Å². The average Bonchev–Trinajstić information content (AvgIpc) is 3.04. The minimum absolute atomic E-state index is 0.0147. The topological polar surface area (TPSA) is 96.2 Å². The quantitative estimate of drug-likeness (QED) is 0.577. The lowest BCUT2D eigenvalue weighted by atomic mass is 10.0. The van der Waals surface area contributed by atoms with Crippen molar-refractivity contribution in [3.05, 3.63) is 84.5 Å². The molecular formula is C21H21N5O. The lowest BCUT2D eigenvalue weighted by molar-refractivity contribution is -0.119. The zero-order chi connectivity index (χ0) is 19.1. The van der Waals surface area contributed by atoms with Gasteiger partial charge >= 0.3 is 0 Å². The minimum Gasteiger partial charge on any atom is -0.369 e. The molecule has 0 unspecified atom stereocenters. The highest BCUT2D eigenvalue weighted by Gasteiger charge is 2.09. The van der Waals surface area contributed by atoms with Gasteiger partial charge in [0.25, 0.3) is 0 Å². The van der Waals surface area contributed by atoms with Crippen LogP contribution in [0, 0.1) is 0 Å². The van der Waals surface area contributed by atoms with Crippen molar-refractivity contribution in [3.8, 4) is 0 Å². The molecule has 0 radical (unpaired) electrons. The monoisotopic (exact) mass is 359 g/mol. The molecule has 2 aromatic rings. The number of nitrogens with two attached hydrogens (primary N) is 1. The summed E-state index contributed by atoms with van der Waals surface area (Å²) < 4.78 is 0. The third kappa shape index (κ3) is 5.15. The molecule has 136 valence electrons. The first-order chi connectivity index (χ1) is 13.1. The molecule has 0 atom stereocenters. The fraction of sp³-hybridized carbons (Fsp3) is 0.0952. The molecule has 27 heavy (non-hydrogen) atoms. The Morgan fingerprint density at radius 1 is 1.26 bits per heavy atom. The fourth-order valence-corrected chi connectivity index (χ4v) is 2.55. The zero-order valence-electron chi connectivity index (χ0n) is 14.9. The number of aliphatic imine (C=N–C) groups is 1. The van der Waals surface area contributed by atoms with E-state index in [2.05, 4.69) is 26.9 Å². The van der Waals surface area contributed by atoms with Crippen LogP contribution >= 0.6 is 0 Å². The Labute approximate surface area is 157 Å². The highest BCUT2D eigenvalue weighted by Crippen LogP contribution is 2.16. The van der Waals surface area contributed by atoms with Gasteiger partial charge in [0.05, 0.1) is 17.5 Å². The number of carbonyl (C=O) groups excluding carboxylic acids is 1. The summed E-state index contributed by atoms with van der Waals surface area (Å²) in [7, 11) is 0. The first-order valence-corrected chi connectivity index (χ1v) is 8.59. The molecule has 1 amide bonds. The summed E-state index contributed by atoms with van der Waals surface area (Å²) in [6.45, 7) is 4.01. The van der Waals surface area contributed by atoms with Crippen molar-refractivity contribution in [3.63, 3.8) is 0 Å². The summed E-state index contributed by atoms with van der Waals surface area (Å²) in [5.74, 6) is 0.0577. The lowest BCUT2D eigenvalue weighted by Crippen LogP contribution is -2.36. The van der Waals surface area contributed by atoms with E-state index in [0.717, 1.165) is 28.6 Å². The largest absolute Gasteiger partial charge is 0.369 e. The Bertz CT molecular complexity index is 972. The van der Waals surface area contributed by atoms with E-state index in [0.29, 0.717) is 5.95 Å². The lowest BCUT2D eigenvalue weighted by Gasteiger charge is -2.08. The highest BCUT2D eigenvalue weighted by molar-refractivity contribution is 5.98. The maximum absolute atomic E-state index is 12.3. The fourth-order valence-electron chi connectivity index (χ4n) is 2.55. The van der Waals surface area contributed by atoms with E-state index in [1.165, 1.54) is 0 Å². The molecule has 0 saturated heterocycles. The van der Waals surface area contributed by atoms with Gasteiger partial charge in [-0.2, -0.15) is 4.99 Å². The molecule has 0 aliphatic heterocycles. The van der Waals surface area contributed by atoms with Gasteiger partial charge in [-0.1, -0.05) is 61.2 Å². The molecule has 0 spiro atoms. The number of rotatable bonds is 3. The second-order valence-electron chi connectivity index (χ2n) is 5.97. The maximum atomic E-state index is 12.3. The summed E-state index contributed by atoms with van der Waals surface area (Å²) in [6.07, 6.45) is 14.6. The van der Waals surface area contributed by atoms with E-state index in [9.17, 15) is 4.79 Å². The number of hydrogen-bond donors (Lipinski definition) is 3. The van der Waals surface area contributed by atoms with Gasteiger partial charge in [0, 0.05) is 0 Å². The molecule has 0 fully saturated rings. The number of aromatic nitrogens is 2. The van der Waals surface area contributed by atoms with Gasteiger partial charge in [-0.3, -0.25) is 10.1 Å². The van der Waals surface area contributed by atoms with E-state index in [4.69, 9.17) is 5.73 Å². The third-order valence-electron chi connectivity index (χ3n) is 3.88. The van der Waals surface area contributed by atoms with Gasteiger partial charge < -0.3 is 10.7 Å². The number of guanidine groups is 1. The Morgan fingerprint density at radius 3 is 2.93 bits per heavy atom. The summed E-state index contributed by atoms with van der Waals surface area (Å²) in [5.41, 5.74) is 9.07. The molecule has 1 aromatic carbocycles. The van der Waals surface area contributed by atoms with Crippen molar-refractivity contribution >= 4 is 28.8 Å². The summed E-state index contributed by atoms with van der Waals surface area (Å²) in [6, 6.07) is 7.55. The van der Waals surface area contributed by atoms with E-state index in [-0.39, 0.29) is 18.3 Å². The van der Waals surface area contributed by atoms with E-state index < -0.39 is 0 Å². The molecule has 1 aliphatic rings. The van der Waals surface area contributed by atoms with Crippen molar-refractivity contribution in [2.75, 3.05) is 0 Å². The third-order valence-corrected chi connectivity index (χ3v) is 3.88. The normalized spacial score (nSPS) is 18.6. The van der Waals surface area contributed by atoms with Crippen LogP contribution in [-0.2, 0) is 4.79 Å². The number of nitrogens with zero attached hydrogens (tertiary/aromatic N) is 2. The molecular weight excluding hydrogens is 338 g/mol. The number of fused-ring (bicyclic) bond motifs is 1. The molecule has 6 heteroatoms. The van der Waals surface area contributed by atoms with Gasteiger partial charge in [0.2, 0.25) is 17.8 Å². The average molecular weight is 359 g/mol. The van der Waals surface area contributed by atoms with Gasteiger partial charge in [-0.25, -0.2) is 4.98 Å². The number of para-hydroxylation sites is 2. The molecule has 1 aliphatic carbocycles. The number of amides is 1. The Balaban J connectivity index is 1.67. The van der Waals surface area contributed by atoms with Crippen molar-refractivity contribution in [1.29, 1.82) is 0 Å². The van der Waals surface area contributed by atoms with Crippen LogP contribution in [0.25, 0.3) is 11.0 Å². The molecule has 1 heterocycles. The van der Waals surface area contributed by atoms with E-state index in [1.807, 2.05) is 66.8 Å². The number of carbonyl (C=O) groups is 1. The molecule has 6 nitrogen and oxygen atoms in total. The first-order valence-electron chi connectivity index (χ1n) is 8.59.